The Balaban J connectivity index is 2.17. The fraction of sp³-hybridized carbons (Fsp3) is 0.316. The minimum absolute atomic E-state index is 0.0379. The van der Waals surface area contributed by atoms with Gasteiger partial charge in [-0.3, -0.25) is 14.9 Å². The third kappa shape index (κ3) is 4.61. The number of benzene rings is 2. The Morgan fingerprint density at radius 3 is 2.25 bits per heavy atom. The number of nitrogens with zero attached hydrogens (tertiary/aromatic N) is 1. The molecule has 150 valence electrons. The number of ether oxygens (including phenoxy) is 4. The quantitative estimate of drug-likeness (QED) is 0.398. The first kappa shape index (κ1) is 20.8. The Bertz CT molecular complexity index is 850. The Labute approximate surface area is 162 Å². The smallest absolute Gasteiger partial charge is 0.327 e. The average Bonchev–Trinajstić information content (AvgIpc) is 2.70. The van der Waals surface area contributed by atoms with Crippen molar-refractivity contribution in [2.24, 2.45) is 0 Å². The van der Waals surface area contributed by atoms with Crippen LogP contribution >= 0.6 is 0 Å². The lowest BCUT2D eigenvalue weighted by Gasteiger charge is -2.15. The summed E-state index contributed by atoms with van der Waals surface area (Å²) in [6.07, 6.45) is 0. The van der Waals surface area contributed by atoms with Crippen molar-refractivity contribution >= 4 is 11.6 Å². The van der Waals surface area contributed by atoms with E-state index in [9.17, 15) is 14.9 Å². The van der Waals surface area contributed by atoms with Crippen LogP contribution in [0, 0.1) is 17.0 Å². The molecule has 1 amide bonds. The molecule has 9 heteroatoms. The zero-order valence-electron chi connectivity index (χ0n) is 16.1. The predicted molar refractivity (Wildman–Crippen MR) is 102 cm³/mol. The first-order chi connectivity index (χ1) is 13.4. The van der Waals surface area contributed by atoms with Gasteiger partial charge in [0.25, 0.3) is 5.91 Å². The number of amides is 1. The number of nitro benzene ring substituents is 1. The Morgan fingerprint density at radius 1 is 1.07 bits per heavy atom. The van der Waals surface area contributed by atoms with Crippen molar-refractivity contribution in [1.82, 2.24) is 5.32 Å². The lowest BCUT2D eigenvalue weighted by Crippen LogP contribution is -2.28. The van der Waals surface area contributed by atoms with Crippen LogP contribution in [0.2, 0.25) is 0 Å². The molecule has 0 spiro atoms. The van der Waals surface area contributed by atoms with Gasteiger partial charge in [0.1, 0.15) is 17.9 Å². The van der Waals surface area contributed by atoms with Crippen LogP contribution in [0.1, 0.15) is 15.9 Å². The van der Waals surface area contributed by atoms with Gasteiger partial charge in [0.05, 0.1) is 32.8 Å². The molecule has 0 aromatic heterocycles. The van der Waals surface area contributed by atoms with Crippen LogP contribution in [-0.4, -0.2) is 45.3 Å². The van der Waals surface area contributed by atoms with Crippen LogP contribution in [0.4, 0.5) is 5.69 Å². The standard InChI is InChI=1S/C19H22N2O7/c1-12-5-7-13(8-6-12)28-10-9-20-19(22)14-11-15(25-2)17(26-3)18(27-4)16(14)21(23)24/h5-8,11H,9-10H2,1-4H3,(H,20,22). The number of hydrogen-bond donors (Lipinski definition) is 1. The molecule has 2 aromatic rings. The highest BCUT2D eigenvalue weighted by atomic mass is 16.6. The molecule has 0 unspecified atom stereocenters. The molecular formula is C19H22N2O7. The minimum atomic E-state index is -0.696. The van der Waals surface area contributed by atoms with Crippen LogP contribution in [-0.2, 0) is 0 Å². The summed E-state index contributed by atoms with van der Waals surface area (Å²) in [5.74, 6) is 0.00643. The van der Waals surface area contributed by atoms with Crippen molar-refractivity contribution in [3.05, 3.63) is 51.6 Å². The molecule has 0 aliphatic rings. The van der Waals surface area contributed by atoms with Crippen molar-refractivity contribution < 1.29 is 28.7 Å². The maximum absolute atomic E-state index is 12.5. The molecule has 0 aliphatic carbocycles. The van der Waals surface area contributed by atoms with E-state index >= 15 is 0 Å². The Kier molecular flexibility index (Phi) is 7.02. The predicted octanol–water partition coefficient (Wildman–Crippen LogP) is 2.74. The number of hydrogen-bond acceptors (Lipinski definition) is 7. The van der Waals surface area contributed by atoms with Crippen molar-refractivity contribution in [1.29, 1.82) is 0 Å². The van der Waals surface area contributed by atoms with E-state index < -0.39 is 16.5 Å². The Morgan fingerprint density at radius 2 is 1.71 bits per heavy atom. The summed E-state index contributed by atoms with van der Waals surface area (Å²) in [6, 6.07) is 8.71. The van der Waals surface area contributed by atoms with Gasteiger partial charge in [-0.15, -0.1) is 0 Å². The second kappa shape index (κ2) is 9.45. The lowest BCUT2D eigenvalue weighted by atomic mass is 10.1. The molecular weight excluding hydrogens is 368 g/mol. The first-order valence-electron chi connectivity index (χ1n) is 8.38. The van der Waals surface area contributed by atoms with E-state index in [2.05, 4.69) is 5.32 Å². The van der Waals surface area contributed by atoms with Gasteiger partial charge >= 0.3 is 5.69 Å². The second-order valence-electron chi connectivity index (χ2n) is 5.72. The van der Waals surface area contributed by atoms with Gasteiger partial charge in [0.2, 0.25) is 11.5 Å². The Hall–Kier alpha value is -3.49. The van der Waals surface area contributed by atoms with Crippen LogP contribution in [0.15, 0.2) is 30.3 Å². The van der Waals surface area contributed by atoms with Gasteiger partial charge in [0, 0.05) is 6.07 Å². The lowest BCUT2D eigenvalue weighted by molar-refractivity contribution is -0.386. The number of methoxy groups -OCH3 is 3. The molecule has 0 bridgehead atoms. The minimum Gasteiger partial charge on any atom is -0.493 e. The van der Waals surface area contributed by atoms with Gasteiger partial charge in [-0.25, -0.2) is 0 Å². The summed E-state index contributed by atoms with van der Waals surface area (Å²) in [6.45, 7) is 2.32. The van der Waals surface area contributed by atoms with Crippen LogP contribution in [0.25, 0.3) is 0 Å². The van der Waals surface area contributed by atoms with Gasteiger partial charge < -0.3 is 24.3 Å². The highest BCUT2D eigenvalue weighted by Gasteiger charge is 2.32. The number of carbonyl (C=O) groups is 1. The van der Waals surface area contributed by atoms with Crippen molar-refractivity contribution in [2.45, 2.75) is 6.92 Å². The van der Waals surface area contributed by atoms with E-state index in [1.54, 1.807) is 0 Å². The largest absolute Gasteiger partial charge is 0.493 e. The van der Waals surface area contributed by atoms with E-state index in [1.165, 1.54) is 27.4 Å². The number of nitrogens with one attached hydrogen (secondary N) is 1. The van der Waals surface area contributed by atoms with Crippen LogP contribution in [0.5, 0.6) is 23.0 Å². The summed E-state index contributed by atoms with van der Waals surface area (Å²) in [7, 11) is 3.94. The second-order valence-corrected chi connectivity index (χ2v) is 5.72. The summed E-state index contributed by atoms with van der Waals surface area (Å²) in [5, 5.41) is 14.1. The molecule has 0 saturated carbocycles. The van der Waals surface area contributed by atoms with E-state index in [1.807, 2.05) is 31.2 Å². The zero-order chi connectivity index (χ0) is 20.7. The normalized spacial score (nSPS) is 10.1. The molecule has 2 aromatic carbocycles. The first-order valence-corrected chi connectivity index (χ1v) is 8.38. The van der Waals surface area contributed by atoms with Crippen LogP contribution in [0.3, 0.4) is 0 Å². The van der Waals surface area contributed by atoms with Gasteiger partial charge in [-0.05, 0) is 19.1 Å². The highest BCUT2D eigenvalue weighted by Crippen LogP contribution is 2.46. The fourth-order valence-electron chi connectivity index (χ4n) is 2.56. The van der Waals surface area contributed by atoms with E-state index in [0.29, 0.717) is 5.75 Å². The van der Waals surface area contributed by atoms with Crippen molar-refractivity contribution in [3.8, 4) is 23.0 Å². The molecule has 28 heavy (non-hydrogen) atoms. The molecule has 0 atom stereocenters. The highest BCUT2D eigenvalue weighted by molar-refractivity contribution is 6.00. The fourth-order valence-corrected chi connectivity index (χ4v) is 2.56. The molecule has 0 aliphatic heterocycles. The summed E-state index contributed by atoms with van der Waals surface area (Å²) < 4.78 is 20.9. The third-order valence-corrected chi connectivity index (χ3v) is 3.91. The molecule has 9 nitrogen and oxygen atoms in total. The maximum atomic E-state index is 12.5. The van der Waals surface area contributed by atoms with E-state index in [0.717, 1.165) is 5.56 Å². The van der Waals surface area contributed by atoms with Gasteiger partial charge in [0.15, 0.2) is 5.75 Å². The molecule has 0 saturated heterocycles. The maximum Gasteiger partial charge on any atom is 0.327 e. The molecule has 1 N–H and O–H groups in total. The summed E-state index contributed by atoms with van der Waals surface area (Å²) in [5.41, 5.74) is 0.405. The van der Waals surface area contributed by atoms with E-state index in [-0.39, 0.29) is 36.0 Å². The zero-order valence-corrected chi connectivity index (χ0v) is 16.1. The summed E-state index contributed by atoms with van der Waals surface area (Å²) >= 11 is 0. The topological polar surface area (TPSA) is 109 Å². The number of rotatable bonds is 9. The summed E-state index contributed by atoms with van der Waals surface area (Å²) in [4.78, 5) is 23.4. The van der Waals surface area contributed by atoms with Gasteiger partial charge in [-0.2, -0.15) is 0 Å². The number of carbonyl (C=O) groups excluding carboxylic acids is 1. The monoisotopic (exact) mass is 390 g/mol. The molecule has 0 radical (unpaired) electrons. The molecule has 0 fully saturated rings. The van der Waals surface area contributed by atoms with Crippen LogP contribution < -0.4 is 24.3 Å². The van der Waals surface area contributed by atoms with Gasteiger partial charge in [-0.1, -0.05) is 17.7 Å². The third-order valence-electron chi connectivity index (χ3n) is 3.91. The SMILES string of the molecule is COc1cc(C(=O)NCCOc2ccc(C)cc2)c([N+](=O)[O-])c(OC)c1OC. The van der Waals surface area contributed by atoms with Crippen molar-refractivity contribution in [3.63, 3.8) is 0 Å². The average molecular weight is 390 g/mol. The molecule has 2 rings (SSSR count). The molecule has 0 heterocycles. The number of aryl methyl sites for hydroxylation is 1. The number of nitro groups is 1. The van der Waals surface area contributed by atoms with E-state index in [4.69, 9.17) is 18.9 Å². The van der Waals surface area contributed by atoms with Crippen molar-refractivity contribution in [2.75, 3.05) is 34.5 Å².